The summed E-state index contributed by atoms with van der Waals surface area (Å²) < 4.78 is 38.9. The number of aromatic nitrogens is 6. The third kappa shape index (κ3) is 2.75. The molecule has 0 fully saturated rings. The van der Waals surface area contributed by atoms with Crippen LogP contribution in [-0.4, -0.2) is 35.3 Å². The topological polar surface area (TPSA) is 84.1 Å². The summed E-state index contributed by atoms with van der Waals surface area (Å²) in [6.07, 6.45) is 3.29. The average molecular weight is 459 g/mol. The normalized spacial score (nSPS) is 15.3. The second kappa shape index (κ2) is 7.21. The summed E-state index contributed by atoms with van der Waals surface area (Å²) in [6, 6.07) is 6.29. The molecular formula is C23H15F2N7O2. The molecule has 6 rings (SSSR count). The molecule has 0 N–H and O–H groups in total. The number of hydrogen-bond donors (Lipinski definition) is 0. The Labute approximate surface area is 190 Å². The zero-order valence-electron chi connectivity index (χ0n) is 17.7. The first-order chi connectivity index (χ1) is 16.5. The van der Waals surface area contributed by atoms with Crippen LogP contribution >= 0.6 is 0 Å². The second-order valence-electron chi connectivity index (χ2n) is 7.91. The van der Waals surface area contributed by atoms with Gasteiger partial charge in [0.15, 0.2) is 22.9 Å². The molecule has 11 heteroatoms. The number of nitrogens with zero attached hydrogens (tertiary/aromatic N) is 7. The van der Waals surface area contributed by atoms with Gasteiger partial charge in [0.2, 0.25) is 5.95 Å². The summed E-state index contributed by atoms with van der Waals surface area (Å²) in [4.78, 5) is 30.0. The first kappa shape index (κ1) is 20.0. The number of hydrogen-bond acceptors (Lipinski definition) is 5. The van der Waals surface area contributed by atoms with Gasteiger partial charge in [0.05, 0.1) is 42.0 Å². The van der Waals surface area contributed by atoms with Gasteiger partial charge in [-0.15, -0.1) is 0 Å². The Hall–Kier alpha value is -4.59. The van der Waals surface area contributed by atoms with Crippen LogP contribution in [0.2, 0.25) is 0 Å². The number of ether oxygens (including phenoxy) is 1. The molecule has 0 spiro atoms. The van der Waals surface area contributed by atoms with Crippen molar-refractivity contribution < 1.29 is 13.5 Å². The number of fused-ring (bicyclic) bond motifs is 3. The first-order valence-corrected chi connectivity index (χ1v) is 10.4. The van der Waals surface area contributed by atoms with Crippen molar-refractivity contribution >= 4 is 27.9 Å². The van der Waals surface area contributed by atoms with E-state index in [1.807, 2.05) is 0 Å². The van der Waals surface area contributed by atoms with E-state index in [2.05, 4.69) is 19.8 Å². The Morgan fingerprint density at radius 2 is 1.97 bits per heavy atom. The Bertz CT molecular complexity index is 1730. The van der Waals surface area contributed by atoms with Crippen LogP contribution in [0.15, 0.2) is 47.7 Å². The fraction of sp³-hybridized carbons (Fsp3) is 0.174. The zero-order valence-corrected chi connectivity index (χ0v) is 17.7. The van der Waals surface area contributed by atoms with Crippen LogP contribution in [-0.2, 0) is 7.05 Å². The van der Waals surface area contributed by atoms with Crippen molar-refractivity contribution in [1.82, 2.24) is 28.7 Å². The Balaban J connectivity index is 1.60. The van der Waals surface area contributed by atoms with Crippen molar-refractivity contribution in [3.8, 4) is 11.7 Å². The highest BCUT2D eigenvalue weighted by Crippen LogP contribution is 2.39. The maximum absolute atomic E-state index is 14.8. The van der Waals surface area contributed by atoms with Crippen molar-refractivity contribution in [1.29, 1.82) is 0 Å². The van der Waals surface area contributed by atoms with Gasteiger partial charge in [0, 0.05) is 13.5 Å². The molecule has 0 amide bonds. The van der Waals surface area contributed by atoms with Crippen molar-refractivity contribution in [2.75, 3.05) is 6.61 Å². The van der Waals surface area contributed by atoms with Gasteiger partial charge >= 0.3 is 5.69 Å². The van der Waals surface area contributed by atoms with E-state index in [1.165, 1.54) is 21.7 Å². The molecule has 0 aliphatic carbocycles. The van der Waals surface area contributed by atoms with Crippen LogP contribution in [0.4, 0.5) is 14.5 Å². The molecule has 1 unspecified atom stereocenters. The van der Waals surface area contributed by atoms with E-state index in [4.69, 9.17) is 11.3 Å². The highest BCUT2D eigenvalue weighted by atomic mass is 19.1. The maximum atomic E-state index is 14.8. The first-order valence-electron chi connectivity index (χ1n) is 10.4. The summed E-state index contributed by atoms with van der Waals surface area (Å²) in [6.45, 7) is 7.39. The fourth-order valence-electron chi connectivity index (χ4n) is 4.43. The lowest BCUT2D eigenvalue weighted by Crippen LogP contribution is -2.31. The molecule has 0 radical (unpaired) electrons. The molecule has 0 saturated carbocycles. The monoisotopic (exact) mass is 459 g/mol. The summed E-state index contributed by atoms with van der Waals surface area (Å²) in [5, 5.41) is 0. The van der Waals surface area contributed by atoms with Crippen molar-refractivity contribution in [2.24, 2.45) is 7.05 Å². The Morgan fingerprint density at radius 3 is 2.79 bits per heavy atom. The highest BCUT2D eigenvalue weighted by Gasteiger charge is 2.32. The van der Waals surface area contributed by atoms with Crippen LogP contribution in [0.1, 0.15) is 18.0 Å². The molecule has 168 valence electrons. The van der Waals surface area contributed by atoms with Gasteiger partial charge in [-0.2, -0.15) is 4.98 Å². The van der Waals surface area contributed by atoms with E-state index in [-0.39, 0.29) is 35.9 Å². The van der Waals surface area contributed by atoms with Crippen LogP contribution in [0, 0.1) is 18.2 Å². The van der Waals surface area contributed by atoms with E-state index < -0.39 is 23.4 Å². The minimum atomic E-state index is -0.813. The minimum Gasteiger partial charge on any atom is -0.490 e. The van der Waals surface area contributed by atoms with E-state index in [0.29, 0.717) is 22.2 Å². The number of aryl methyl sites for hydroxylation is 1. The minimum absolute atomic E-state index is 0.0178. The Morgan fingerprint density at radius 1 is 1.15 bits per heavy atom. The lowest BCUT2D eigenvalue weighted by atomic mass is 9.99. The number of benzene rings is 2. The maximum Gasteiger partial charge on any atom is 0.330 e. The van der Waals surface area contributed by atoms with Gasteiger partial charge in [-0.05, 0) is 24.3 Å². The molecule has 4 heterocycles. The molecule has 2 aromatic carbocycles. The molecular weight excluding hydrogens is 444 g/mol. The molecule has 0 saturated heterocycles. The molecule has 34 heavy (non-hydrogen) atoms. The molecule has 1 aliphatic rings. The average Bonchev–Trinajstić information content (AvgIpc) is 3.39. The number of halogens is 2. The van der Waals surface area contributed by atoms with Gasteiger partial charge in [0.25, 0.3) is 0 Å². The SMILES string of the molecule is [C-]#[N+]c1ccc2ncn(-c3ncc4c(n3)n(C3CCOc5c(F)ccc(F)c53)c(=O)n4C)c2c1. The quantitative estimate of drug-likeness (QED) is 0.376. The van der Waals surface area contributed by atoms with Crippen LogP contribution in [0.25, 0.3) is 33.0 Å². The lowest BCUT2D eigenvalue weighted by molar-refractivity contribution is 0.238. The van der Waals surface area contributed by atoms with Crippen LogP contribution < -0.4 is 10.4 Å². The summed E-state index contributed by atoms with van der Waals surface area (Å²) in [5.74, 6) is -1.32. The van der Waals surface area contributed by atoms with E-state index in [9.17, 15) is 13.6 Å². The third-order valence-electron chi connectivity index (χ3n) is 6.07. The van der Waals surface area contributed by atoms with E-state index in [0.717, 1.165) is 12.1 Å². The second-order valence-corrected chi connectivity index (χ2v) is 7.91. The van der Waals surface area contributed by atoms with E-state index in [1.54, 1.807) is 29.8 Å². The van der Waals surface area contributed by atoms with Crippen molar-refractivity contribution in [2.45, 2.75) is 12.5 Å². The predicted molar refractivity (Wildman–Crippen MR) is 118 cm³/mol. The molecule has 0 bridgehead atoms. The summed E-state index contributed by atoms with van der Waals surface area (Å²) >= 11 is 0. The van der Waals surface area contributed by atoms with Gasteiger partial charge < -0.3 is 4.74 Å². The lowest BCUT2D eigenvalue weighted by Gasteiger charge is -2.27. The van der Waals surface area contributed by atoms with Gasteiger partial charge in [0.1, 0.15) is 17.7 Å². The fourth-order valence-corrected chi connectivity index (χ4v) is 4.43. The molecule has 9 nitrogen and oxygen atoms in total. The standard InChI is InChI=1S/C23H15F2N7O2/c1-26-12-3-6-15-17(9-12)31(11-28-15)22-27-10-18-21(29-22)32(23(33)30(18)2)16-7-8-34-20-14(25)5-4-13(24)19(16)20/h3-6,9-11,16H,7-8H2,2H3. The van der Waals surface area contributed by atoms with Gasteiger partial charge in [-0.25, -0.2) is 28.4 Å². The zero-order chi connectivity index (χ0) is 23.6. The molecule has 1 aliphatic heterocycles. The molecule has 5 aromatic rings. The molecule has 3 aromatic heterocycles. The predicted octanol–water partition coefficient (Wildman–Crippen LogP) is 3.67. The summed E-state index contributed by atoms with van der Waals surface area (Å²) in [7, 11) is 1.57. The third-order valence-corrected chi connectivity index (χ3v) is 6.07. The van der Waals surface area contributed by atoms with Crippen LogP contribution in [0.5, 0.6) is 5.75 Å². The number of rotatable bonds is 2. The van der Waals surface area contributed by atoms with Crippen molar-refractivity contribution in [3.63, 3.8) is 0 Å². The highest BCUT2D eigenvalue weighted by molar-refractivity contribution is 5.81. The Kier molecular flexibility index (Phi) is 4.25. The largest absolute Gasteiger partial charge is 0.490 e. The molecule has 1 atom stereocenters. The van der Waals surface area contributed by atoms with Crippen LogP contribution in [0.3, 0.4) is 0 Å². The van der Waals surface area contributed by atoms with E-state index >= 15 is 0 Å². The summed E-state index contributed by atoms with van der Waals surface area (Å²) in [5.41, 5.74) is 1.96. The van der Waals surface area contributed by atoms with Crippen molar-refractivity contribution in [3.05, 3.63) is 82.0 Å². The smallest absolute Gasteiger partial charge is 0.330 e. The van der Waals surface area contributed by atoms with Gasteiger partial charge in [-0.1, -0.05) is 6.07 Å². The van der Waals surface area contributed by atoms with Gasteiger partial charge in [-0.3, -0.25) is 13.7 Å². The number of imidazole rings is 2.